The smallest absolute Gasteiger partial charge is 0.288 e. The Bertz CT molecular complexity index is 1080. The summed E-state index contributed by atoms with van der Waals surface area (Å²) in [6, 6.07) is 18.9. The second kappa shape index (κ2) is 11.2. The zero-order valence-electron chi connectivity index (χ0n) is 16.8. The normalized spacial score (nSPS) is 10.6. The number of hydrogen-bond donors (Lipinski definition) is 3. The lowest BCUT2D eigenvalue weighted by Gasteiger charge is -2.12. The van der Waals surface area contributed by atoms with Crippen molar-refractivity contribution in [2.45, 2.75) is 17.2 Å². The second-order valence-electron chi connectivity index (χ2n) is 6.63. The molecule has 5 nitrogen and oxygen atoms in total. The van der Waals surface area contributed by atoms with E-state index in [0.717, 1.165) is 0 Å². The van der Waals surface area contributed by atoms with Crippen LogP contribution in [0, 0.1) is 5.82 Å². The number of para-hydroxylation sites is 1. The summed E-state index contributed by atoms with van der Waals surface area (Å²) in [7, 11) is 0. The molecule has 9 heteroatoms. The van der Waals surface area contributed by atoms with Gasteiger partial charge in [0, 0.05) is 28.3 Å². The summed E-state index contributed by atoms with van der Waals surface area (Å²) in [5.41, 5.74) is 1.68. The first-order chi connectivity index (χ1) is 15.4. The SMILES string of the molecule is O=C(CNc1ccc(C(=O)NCc2ccccc2F)cc1)Nc1ccccc1SC(F)F. The lowest BCUT2D eigenvalue weighted by molar-refractivity contribution is -0.114. The molecule has 0 saturated heterocycles. The highest BCUT2D eigenvalue weighted by Crippen LogP contribution is 2.31. The van der Waals surface area contributed by atoms with Gasteiger partial charge in [-0.15, -0.1) is 0 Å². The van der Waals surface area contributed by atoms with Crippen LogP contribution in [0.5, 0.6) is 0 Å². The van der Waals surface area contributed by atoms with Crippen LogP contribution in [0.4, 0.5) is 24.5 Å². The minimum Gasteiger partial charge on any atom is -0.376 e. The van der Waals surface area contributed by atoms with Gasteiger partial charge in [0.1, 0.15) is 5.82 Å². The molecule has 0 unspecified atom stereocenters. The van der Waals surface area contributed by atoms with Gasteiger partial charge >= 0.3 is 0 Å². The molecular formula is C23H20F3N3O2S. The summed E-state index contributed by atoms with van der Waals surface area (Å²) in [4.78, 5) is 24.7. The summed E-state index contributed by atoms with van der Waals surface area (Å²) >= 11 is 0.362. The van der Waals surface area contributed by atoms with Crippen LogP contribution in [0.1, 0.15) is 15.9 Å². The Balaban J connectivity index is 1.50. The zero-order chi connectivity index (χ0) is 22.9. The molecule has 0 spiro atoms. The van der Waals surface area contributed by atoms with Gasteiger partial charge in [0.2, 0.25) is 5.91 Å². The van der Waals surface area contributed by atoms with Crippen LogP contribution in [0.15, 0.2) is 77.7 Å². The molecule has 32 heavy (non-hydrogen) atoms. The van der Waals surface area contributed by atoms with E-state index in [-0.39, 0.29) is 29.7 Å². The number of benzene rings is 3. The van der Waals surface area contributed by atoms with Gasteiger partial charge in [0.25, 0.3) is 11.7 Å². The van der Waals surface area contributed by atoms with Crippen molar-refractivity contribution in [3.63, 3.8) is 0 Å². The van der Waals surface area contributed by atoms with Gasteiger partial charge in [-0.05, 0) is 42.5 Å². The molecule has 0 aromatic heterocycles. The maximum absolute atomic E-state index is 13.6. The van der Waals surface area contributed by atoms with Crippen LogP contribution >= 0.6 is 11.8 Å². The summed E-state index contributed by atoms with van der Waals surface area (Å²) < 4.78 is 38.9. The summed E-state index contributed by atoms with van der Waals surface area (Å²) in [6.07, 6.45) is 0. The number of alkyl halides is 2. The first-order valence-corrected chi connectivity index (χ1v) is 10.5. The molecule has 0 bridgehead atoms. The van der Waals surface area contributed by atoms with Crippen LogP contribution in [0.3, 0.4) is 0 Å². The van der Waals surface area contributed by atoms with Crippen LogP contribution < -0.4 is 16.0 Å². The Hall–Kier alpha value is -3.46. The van der Waals surface area contributed by atoms with Gasteiger partial charge in [-0.3, -0.25) is 9.59 Å². The molecule has 3 aromatic carbocycles. The third-order valence-electron chi connectivity index (χ3n) is 4.37. The molecule has 0 radical (unpaired) electrons. The topological polar surface area (TPSA) is 70.2 Å². The number of anilines is 2. The molecule has 0 aliphatic rings. The summed E-state index contributed by atoms with van der Waals surface area (Å²) in [5.74, 6) is -3.74. The Labute approximate surface area is 187 Å². The molecular weight excluding hydrogens is 439 g/mol. The Morgan fingerprint density at radius 3 is 2.31 bits per heavy atom. The second-order valence-corrected chi connectivity index (χ2v) is 7.66. The maximum Gasteiger partial charge on any atom is 0.288 e. The average Bonchev–Trinajstić information content (AvgIpc) is 2.78. The molecule has 0 atom stereocenters. The van der Waals surface area contributed by atoms with E-state index in [1.54, 1.807) is 60.7 Å². The van der Waals surface area contributed by atoms with Crippen molar-refractivity contribution in [2.24, 2.45) is 0 Å². The van der Waals surface area contributed by atoms with E-state index in [1.165, 1.54) is 12.1 Å². The number of amides is 2. The van der Waals surface area contributed by atoms with Crippen molar-refractivity contribution in [2.75, 3.05) is 17.2 Å². The fourth-order valence-corrected chi connectivity index (χ4v) is 3.40. The first-order valence-electron chi connectivity index (χ1n) is 9.61. The molecule has 3 N–H and O–H groups in total. The summed E-state index contributed by atoms with van der Waals surface area (Å²) in [6.45, 7) is -0.0243. The number of rotatable bonds is 9. The summed E-state index contributed by atoms with van der Waals surface area (Å²) in [5, 5.41) is 8.16. The van der Waals surface area contributed by atoms with E-state index in [9.17, 15) is 22.8 Å². The minimum atomic E-state index is -2.59. The van der Waals surface area contributed by atoms with E-state index < -0.39 is 11.7 Å². The third kappa shape index (κ3) is 6.78. The Kier molecular flexibility index (Phi) is 8.15. The lowest BCUT2D eigenvalue weighted by atomic mass is 10.1. The van der Waals surface area contributed by atoms with Crippen LogP contribution in [-0.2, 0) is 11.3 Å². The van der Waals surface area contributed by atoms with Crippen molar-refractivity contribution in [1.82, 2.24) is 5.32 Å². The van der Waals surface area contributed by atoms with Crippen LogP contribution in [-0.4, -0.2) is 24.1 Å². The van der Waals surface area contributed by atoms with E-state index >= 15 is 0 Å². The van der Waals surface area contributed by atoms with Crippen molar-refractivity contribution in [1.29, 1.82) is 0 Å². The molecule has 3 aromatic rings. The number of carbonyl (C=O) groups excluding carboxylic acids is 2. The fourth-order valence-electron chi connectivity index (χ4n) is 2.80. The maximum atomic E-state index is 13.6. The molecule has 2 amide bonds. The highest BCUT2D eigenvalue weighted by molar-refractivity contribution is 7.99. The van der Waals surface area contributed by atoms with Crippen molar-refractivity contribution in [3.05, 3.63) is 89.7 Å². The zero-order valence-corrected chi connectivity index (χ0v) is 17.6. The molecule has 0 saturated carbocycles. The fraction of sp³-hybridized carbons (Fsp3) is 0.130. The van der Waals surface area contributed by atoms with Gasteiger partial charge in [0.15, 0.2) is 0 Å². The molecule has 0 aliphatic heterocycles. The Morgan fingerprint density at radius 2 is 1.59 bits per heavy atom. The largest absolute Gasteiger partial charge is 0.376 e. The highest BCUT2D eigenvalue weighted by Gasteiger charge is 2.12. The molecule has 0 fully saturated rings. The Morgan fingerprint density at radius 1 is 0.906 bits per heavy atom. The molecule has 0 aliphatic carbocycles. The number of hydrogen-bond acceptors (Lipinski definition) is 4. The van der Waals surface area contributed by atoms with Gasteiger partial charge < -0.3 is 16.0 Å². The first kappa shape index (κ1) is 23.2. The molecule has 0 heterocycles. The van der Waals surface area contributed by atoms with E-state index in [1.807, 2.05) is 0 Å². The van der Waals surface area contributed by atoms with E-state index in [0.29, 0.717) is 34.3 Å². The van der Waals surface area contributed by atoms with Crippen LogP contribution in [0.2, 0.25) is 0 Å². The number of thioether (sulfide) groups is 1. The predicted octanol–water partition coefficient (Wildman–Crippen LogP) is 5.12. The molecule has 166 valence electrons. The third-order valence-corrected chi connectivity index (χ3v) is 5.16. The van der Waals surface area contributed by atoms with Gasteiger partial charge in [0.05, 0.1) is 12.2 Å². The number of nitrogens with one attached hydrogen (secondary N) is 3. The number of halogens is 3. The van der Waals surface area contributed by atoms with Crippen molar-refractivity contribution >= 4 is 35.0 Å². The van der Waals surface area contributed by atoms with E-state index in [4.69, 9.17) is 0 Å². The van der Waals surface area contributed by atoms with Crippen molar-refractivity contribution in [3.8, 4) is 0 Å². The van der Waals surface area contributed by atoms with Crippen molar-refractivity contribution < 1.29 is 22.8 Å². The lowest BCUT2D eigenvalue weighted by Crippen LogP contribution is -2.23. The van der Waals surface area contributed by atoms with Crippen LogP contribution in [0.25, 0.3) is 0 Å². The van der Waals surface area contributed by atoms with Gasteiger partial charge in [-0.1, -0.05) is 42.1 Å². The minimum absolute atomic E-state index is 0.0665. The number of carbonyl (C=O) groups is 2. The molecule has 3 rings (SSSR count). The van der Waals surface area contributed by atoms with Gasteiger partial charge in [-0.2, -0.15) is 8.78 Å². The van der Waals surface area contributed by atoms with E-state index in [2.05, 4.69) is 16.0 Å². The highest BCUT2D eigenvalue weighted by atomic mass is 32.2. The standard InChI is InChI=1S/C23H20F3N3O2S/c24-18-6-2-1-5-16(18)13-28-22(31)15-9-11-17(12-10-15)27-14-21(30)29-19-7-3-4-8-20(19)32-23(25)26/h1-12,23,27H,13-14H2,(H,28,31)(H,29,30). The predicted molar refractivity (Wildman–Crippen MR) is 119 cm³/mol. The van der Waals surface area contributed by atoms with Gasteiger partial charge in [-0.25, -0.2) is 4.39 Å². The monoisotopic (exact) mass is 459 g/mol. The quantitative estimate of drug-likeness (QED) is 0.389. The average molecular weight is 459 g/mol.